The van der Waals surface area contributed by atoms with Crippen LogP contribution in [0.2, 0.25) is 0 Å². The Balaban J connectivity index is 2.60. The number of carbonyl (C=O) groups excluding carboxylic acids is 2. The molecule has 1 aromatic rings. The SMILES string of the molecule is COC(=O)[C@@H](COc1ccccc1)NC(=O)OC(C)(C)C. The second kappa shape index (κ2) is 7.52. The predicted molar refractivity (Wildman–Crippen MR) is 77.1 cm³/mol. The van der Waals surface area contributed by atoms with Gasteiger partial charge in [-0.25, -0.2) is 9.59 Å². The molecule has 21 heavy (non-hydrogen) atoms. The van der Waals surface area contributed by atoms with E-state index < -0.39 is 23.7 Å². The third kappa shape index (κ3) is 6.65. The molecule has 0 aliphatic heterocycles. The molecule has 6 nitrogen and oxygen atoms in total. The Kier molecular flexibility index (Phi) is 6.02. The molecule has 116 valence electrons. The molecule has 0 aromatic heterocycles. The van der Waals surface area contributed by atoms with Crippen molar-refractivity contribution >= 4 is 12.1 Å². The monoisotopic (exact) mass is 295 g/mol. The minimum absolute atomic E-state index is 0.0457. The summed E-state index contributed by atoms with van der Waals surface area (Å²) in [6.45, 7) is 5.16. The minimum atomic E-state index is -0.940. The van der Waals surface area contributed by atoms with Crippen LogP contribution >= 0.6 is 0 Å². The fourth-order valence-electron chi connectivity index (χ4n) is 1.46. The Morgan fingerprint density at radius 2 is 1.81 bits per heavy atom. The van der Waals surface area contributed by atoms with Crippen molar-refractivity contribution in [3.05, 3.63) is 30.3 Å². The smallest absolute Gasteiger partial charge is 0.408 e. The topological polar surface area (TPSA) is 73.9 Å². The number of hydrogen-bond donors (Lipinski definition) is 1. The summed E-state index contributed by atoms with van der Waals surface area (Å²) in [7, 11) is 1.24. The van der Waals surface area contributed by atoms with E-state index in [-0.39, 0.29) is 6.61 Å². The van der Waals surface area contributed by atoms with Crippen LogP contribution in [0.15, 0.2) is 30.3 Å². The summed E-state index contributed by atoms with van der Waals surface area (Å²) in [5.74, 6) is -0.00539. The van der Waals surface area contributed by atoms with Crippen molar-refractivity contribution in [2.45, 2.75) is 32.4 Å². The van der Waals surface area contributed by atoms with E-state index in [0.29, 0.717) is 5.75 Å². The lowest BCUT2D eigenvalue weighted by atomic mass is 10.2. The largest absolute Gasteiger partial charge is 0.491 e. The summed E-state index contributed by atoms with van der Waals surface area (Å²) < 4.78 is 15.2. The fraction of sp³-hybridized carbons (Fsp3) is 0.467. The second-order valence-corrected chi connectivity index (χ2v) is 5.35. The first-order valence-electron chi connectivity index (χ1n) is 6.57. The van der Waals surface area contributed by atoms with Gasteiger partial charge in [-0.05, 0) is 32.9 Å². The third-order valence-corrected chi connectivity index (χ3v) is 2.34. The predicted octanol–water partition coefficient (Wildman–Crippen LogP) is 2.13. The highest BCUT2D eigenvalue weighted by molar-refractivity contribution is 5.81. The first-order valence-corrected chi connectivity index (χ1v) is 6.57. The Bertz CT molecular complexity index is 467. The summed E-state index contributed by atoms with van der Waals surface area (Å²) >= 11 is 0. The zero-order valence-electron chi connectivity index (χ0n) is 12.7. The van der Waals surface area contributed by atoms with E-state index in [1.807, 2.05) is 18.2 Å². The Labute approximate surface area is 124 Å². The molecular weight excluding hydrogens is 274 g/mol. The van der Waals surface area contributed by atoms with Gasteiger partial charge in [-0.2, -0.15) is 0 Å². The molecule has 0 aliphatic rings. The normalized spacial score (nSPS) is 12.2. The van der Waals surface area contributed by atoms with Gasteiger partial charge in [0.25, 0.3) is 0 Å². The van der Waals surface area contributed by atoms with E-state index in [0.717, 1.165) is 0 Å². The van der Waals surface area contributed by atoms with Gasteiger partial charge < -0.3 is 19.5 Å². The van der Waals surface area contributed by atoms with Crippen LogP contribution in [0.25, 0.3) is 0 Å². The molecular formula is C15H21NO5. The number of para-hydroxylation sites is 1. The minimum Gasteiger partial charge on any atom is -0.491 e. The number of amides is 1. The van der Waals surface area contributed by atoms with Crippen LogP contribution in [0, 0.1) is 0 Å². The van der Waals surface area contributed by atoms with E-state index in [4.69, 9.17) is 9.47 Å². The highest BCUT2D eigenvalue weighted by atomic mass is 16.6. The van der Waals surface area contributed by atoms with E-state index in [1.165, 1.54) is 7.11 Å². The van der Waals surface area contributed by atoms with Gasteiger partial charge in [0.15, 0.2) is 6.04 Å². The molecule has 1 amide bonds. The summed E-state index contributed by atoms with van der Waals surface area (Å²) in [5, 5.41) is 2.43. The molecule has 0 saturated carbocycles. The van der Waals surface area contributed by atoms with Gasteiger partial charge in [-0.3, -0.25) is 0 Å². The van der Waals surface area contributed by atoms with Crippen LogP contribution in [0.5, 0.6) is 5.75 Å². The summed E-state index contributed by atoms with van der Waals surface area (Å²) in [5.41, 5.74) is -0.648. The number of hydrogen-bond acceptors (Lipinski definition) is 5. The number of benzene rings is 1. The quantitative estimate of drug-likeness (QED) is 0.842. The van der Waals surface area contributed by atoms with Crippen LogP contribution < -0.4 is 10.1 Å². The van der Waals surface area contributed by atoms with Gasteiger partial charge in [0.2, 0.25) is 0 Å². The van der Waals surface area contributed by atoms with Crippen LogP contribution in [0.1, 0.15) is 20.8 Å². The van der Waals surface area contributed by atoms with E-state index in [2.05, 4.69) is 10.1 Å². The van der Waals surface area contributed by atoms with Gasteiger partial charge in [0.05, 0.1) is 7.11 Å². The van der Waals surface area contributed by atoms with Crippen LogP contribution in [-0.2, 0) is 14.3 Å². The fourth-order valence-corrected chi connectivity index (χ4v) is 1.46. The maximum absolute atomic E-state index is 11.7. The molecule has 0 fully saturated rings. The van der Waals surface area contributed by atoms with Crippen molar-refractivity contribution in [1.29, 1.82) is 0 Å². The van der Waals surface area contributed by atoms with E-state index in [9.17, 15) is 9.59 Å². The lowest BCUT2D eigenvalue weighted by molar-refractivity contribution is -0.143. The molecule has 6 heteroatoms. The number of carbonyl (C=O) groups is 2. The molecule has 1 aromatic carbocycles. The van der Waals surface area contributed by atoms with Gasteiger partial charge in [0.1, 0.15) is 18.0 Å². The van der Waals surface area contributed by atoms with Crippen molar-refractivity contribution in [2.24, 2.45) is 0 Å². The van der Waals surface area contributed by atoms with E-state index >= 15 is 0 Å². The number of methoxy groups -OCH3 is 1. The van der Waals surface area contributed by atoms with Gasteiger partial charge in [0, 0.05) is 0 Å². The van der Waals surface area contributed by atoms with Crippen LogP contribution in [0.3, 0.4) is 0 Å². The first-order chi connectivity index (χ1) is 9.81. The lowest BCUT2D eigenvalue weighted by Crippen LogP contribution is -2.47. The third-order valence-electron chi connectivity index (χ3n) is 2.34. The Morgan fingerprint density at radius 1 is 1.19 bits per heavy atom. The number of nitrogens with one attached hydrogen (secondary N) is 1. The van der Waals surface area contributed by atoms with E-state index in [1.54, 1.807) is 32.9 Å². The number of ether oxygens (including phenoxy) is 3. The molecule has 0 heterocycles. The highest BCUT2D eigenvalue weighted by Gasteiger charge is 2.25. The second-order valence-electron chi connectivity index (χ2n) is 5.35. The number of alkyl carbamates (subject to hydrolysis) is 1. The lowest BCUT2D eigenvalue weighted by Gasteiger charge is -2.22. The standard InChI is InChI=1S/C15H21NO5/c1-15(2,3)21-14(18)16-12(13(17)19-4)10-20-11-8-6-5-7-9-11/h5-9,12H,10H2,1-4H3,(H,16,18)/t12-/m1/s1. The maximum atomic E-state index is 11.7. The van der Waals surface area contributed by atoms with Gasteiger partial charge in [-0.15, -0.1) is 0 Å². The average Bonchev–Trinajstić information content (AvgIpc) is 2.41. The maximum Gasteiger partial charge on any atom is 0.408 e. The molecule has 1 N–H and O–H groups in total. The molecule has 0 radical (unpaired) electrons. The van der Waals surface area contributed by atoms with Crippen molar-refractivity contribution in [3.63, 3.8) is 0 Å². The first kappa shape index (κ1) is 16.8. The molecule has 0 spiro atoms. The molecule has 0 bridgehead atoms. The molecule has 0 unspecified atom stereocenters. The Hall–Kier alpha value is -2.24. The summed E-state index contributed by atoms with van der Waals surface area (Å²) in [4.78, 5) is 23.4. The molecule has 0 saturated heterocycles. The zero-order chi connectivity index (χ0) is 15.9. The summed E-state index contributed by atoms with van der Waals surface area (Å²) in [6.07, 6.45) is -0.699. The van der Waals surface area contributed by atoms with Crippen molar-refractivity contribution in [1.82, 2.24) is 5.32 Å². The zero-order valence-corrected chi connectivity index (χ0v) is 12.7. The number of esters is 1. The molecule has 1 atom stereocenters. The molecule has 0 aliphatic carbocycles. The van der Waals surface area contributed by atoms with Crippen LogP contribution in [0.4, 0.5) is 4.79 Å². The molecule has 1 rings (SSSR count). The highest BCUT2D eigenvalue weighted by Crippen LogP contribution is 2.10. The average molecular weight is 295 g/mol. The van der Waals surface area contributed by atoms with Crippen molar-refractivity contribution in [2.75, 3.05) is 13.7 Å². The number of rotatable bonds is 5. The van der Waals surface area contributed by atoms with Crippen molar-refractivity contribution in [3.8, 4) is 5.75 Å². The Morgan fingerprint density at radius 3 is 2.33 bits per heavy atom. The van der Waals surface area contributed by atoms with Crippen molar-refractivity contribution < 1.29 is 23.8 Å². The van der Waals surface area contributed by atoms with Gasteiger partial charge in [-0.1, -0.05) is 18.2 Å². The van der Waals surface area contributed by atoms with Gasteiger partial charge >= 0.3 is 12.1 Å². The van der Waals surface area contributed by atoms with Crippen LogP contribution in [-0.4, -0.2) is 37.4 Å². The summed E-state index contributed by atoms with van der Waals surface area (Å²) in [6, 6.07) is 8.03.